The highest BCUT2D eigenvalue weighted by atomic mass is 15.2. The predicted molar refractivity (Wildman–Crippen MR) is 129 cm³/mol. The van der Waals surface area contributed by atoms with Crippen molar-refractivity contribution in [1.82, 2.24) is 4.90 Å². The summed E-state index contributed by atoms with van der Waals surface area (Å²) in [7, 11) is 0. The summed E-state index contributed by atoms with van der Waals surface area (Å²) in [5, 5.41) is 0. The van der Waals surface area contributed by atoms with Crippen LogP contribution in [0.2, 0.25) is 0 Å². The molecule has 156 valence electrons. The van der Waals surface area contributed by atoms with E-state index in [0.717, 1.165) is 37.2 Å². The number of benzene rings is 2. The minimum absolute atomic E-state index is 0.660. The molecule has 0 radical (unpaired) electrons. The van der Waals surface area contributed by atoms with E-state index >= 15 is 0 Å². The Morgan fingerprint density at radius 1 is 1.17 bits per heavy atom. The van der Waals surface area contributed by atoms with Crippen molar-refractivity contribution in [2.75, 3.05) is 13.1 Å². The molecule has 2 aromatic rings. The monoisotopic (exact) mass is 398 g/mol. The summed E-state index contributed by atoms with van der Waals surface area (Å²) >= 11 is 0. The number of fused-ring (bicyclic) bond motifs is 1. The molecule has 2 aliphatic rings. The van der Waals surface area contributed by atoms with Crippen LogP contribution in [0.1, 0.15) is 61.4 Å². The van der Waals surface area contributed by atoms with Crippen LogP contribution in [-0.2, 0) is 19.3 Å². The molecule has 0 saturated carbocycles. The van der Waals surface area contributed by atoms with Crippen LogP contribution < -0.4 is 0 Å². The molecule has 0 saturated heterocycles. The van der Waals surface area contributed by atoms with E-state index < -0.39 is 0 Å². The Bertz CT molecular complexity index is 981. The Morgan fingerprint density at radius 3 is 2.77 bits per heavy atom. The van der Waals surface area contributed by atoms with Crippen LogP contribution in [0.3, 0.4) is 0 Å². The van der Waals surface area contributed by atoms with Crippen LogP contribution >= 0.6 is 0 Å². The quantitative estimate of drug-likeness (QED) is 0.544. The van der Waals surface area contributed by atoms with Crippen molar-refractivity contribution in [2.24, 2.45) is 4.99 Å². The van der Waals surface area contributed by atoms with Gasteiger partial charge in [0.1, 0.15) is 0 Å². The third-order valence-corrected chi connectivity index (χ3v) is 6.90. The first kappa shape index (κ1) is 20.8. The van der Waals surface area contributed by atoms with Crippen molar-refractivity contribution in [3.63, 3.8) is 0 Å². The molecule has 4 rings (SSSR count). The third-order valence-electron chi connectivity index (χ3n) is 6.90. The number of aryl methyl sites for hydroxylation is 2. The molecule has 30 heavy (non-hydrogen) atoms. The van der Waals surface area contributed by atoms with Gasteiger partial charge in [0.2, 0.25) is 0 Å². The first-order chi connectivity index (χ1) is 14.6. The molecule has 0 amide bonds. The second-order valence-electron chi connectivity index (χ2n) is 8.74. The Balaban J connectivity index is 1.51. The second-order valence-corrected chi connectivity index (χ2v) is 8.74. The predicted octanol–water partition coefficient (Wildman–Crippen LogP) is 6.24. The molecule has 1 unspecified atom stereocenters. The minimum Gasteiger partial charge on any atom is -0.296 e. The highest BCUT2D eigenvalue weighted by Crippen LogP contribution is 2.30. The first-order valence-electron chi connectivity index (χ1n) is 11.4. The van der Waals surface area contributed by atoms with Crippen molar-refractivity contribution in [1.29, 1.82) is 0 Å². The molecule has 1 heterocycles. The SMILES string of the molecule is C=Cc1ccccc1C(C)=NC1=C(C)CN(C2CCc3cccc(CC)c3C2)CC1. The molecule has 1 aliphatic carbocycles. The van der Waals surface area contributed by atoms with Gasteiger partial charge in [0.25, 0.3) is 0 Å². The molecule has 0 aromatic heterocycles. The Kier molecular flexibility index (Phi) is 6.34. The van der Waals surface area contributed by atoms with Crippen molar-refractivity contribution in [2.45, 2.75) is 58.9 Å². The van der Waals surface area contributed by atoms with Crippen molar-refractivity contribution in [3.05, 3.63) is 88.1 Å². The summed E-state index contributed by atoms with van der Waals surface area (Å²) < 4.78 is 0. The van der Waals surface area contributed by atoms with Gasteiger partial charge in [-0.05, 0) is 67.4 Å². The van der Waals surface area contributed by atoms with Crippen LogP contribution in [0.4, 0.5) is 0 Å². The molecular weight excluding hydrogens is 364 g/mol. The Labute approximate surface area is 182 Å². The fourth-order valence-corrected chi connectivity index (χ4v) is 5.15. The average Bonchev–Trinajstić information content (AvgIpc) is 2.79. The topological polar surface area (TPSA) is 15.6 Å². The summed E-state index contributed by atoms with van der Waals surface area (Å²) in [5.41, 5.74) is 10.9. The molecule has 2 heteroatoms. The lowest BCUT2D eigenvalue weighted by atomic mass is 9.83. The maximum atomic E-state index is 5.06. The normalized spacial score (nSPS) is 20.2. The largest absolute Gasteiger partial charge is 0.296 e. The minimum atomic E-state index is 0.660. The second kappa shape index (κ2) is 9.14. The summed E-state index contributed by atoms with van der Waals surface area (Å²) in [6, 6.07) is 15.9. The van der Waals surface area contributed by atoms with Gasteiger partial charge in [-0.1, -0.05) is 62.0 Å². The maximum Gasteiger partial charge on any atom is 0.0454 e. The van der Waals surface area contributed by atoms with E-state index in [1.165, 1.54) is 36.1 Å². The summed E-state index contributed by atoms with van der Waals surface area (Å²) in [6.45, 7) is 12.8. The highest BCUT2D eigenvalue weighted by molar-refractivity contribution is 6.02. The molecule has 1 aliphatic heterocycles. The summed E-state index contributed by atoms with van der Waals surface area (Å²) in [5.74, 6) is 0. The highest BCUT2D eigenvalue weighted by Gasteiger charge is 2.28. The van der Waals surface area contributed by atoms with Crippen LogP contribution in [0.5, 0.6) is 0 Å². The molecule has 0 spiro atoms. The van der Waals surface area contributed by atoms with Gasteiger partial charge in [0, 0.05) is 42.5 Å². The molecule has 0 fully saturated rings. The zero-order valence-electron chi connectivity index (χ0n) is 18.7. The molecular formula is C28H34N2. The molecule has 0 N–H and O–H groups in total. The molecule has 0 bridgehead atoms. The van der Waals surface area contributed by atoms with Gasteiger partial charge in [-0.2, -0.15) is 0 Å². The number of aliphatic imine (C=N–C) groups is 1. The Morgan fingerprint density at radius 2 is 2.00 bits per heavy atom. The summed E-state index contributed by atoms with van der Waals surface area (Å²) in [6.07, 6.45) is 7.80. The van der Waals surface area contributed by atoms with E-state index in [9.17, 15) is 0 Å². The van der Waals surface area contributed by atoms with Crippen LogP contribution in [0.25, 0.3) is 6.08 Å². The first-order valence-corrected chi connectivity index (χ1v) is 11.4. The van der Waals surface area contributed by atoms with Crippen LogP contribution in [0.15, 0.2) is 65.3 Å². The smallest absolute Gasteiger partial charge is 0.0454 e. The molecule has 2 nitrogen and oxygen atoms in total. The van der Waals surface area contributed by atoms with Gasteiger partial charge in [-0.25, -0.2) is 0 Å². The number of rotatable bonds is 5. The summed E-state index contributed by atoms with van der Waals surface area (Å²) in [4.78, 5) is 7.77. The van der Waals surface area contributed by atoms with E-state index in [2.05, 4.69) is 74.7 Å². The van der Waals surface area contributed by atoms with Gasteiger partial charge >= 0.3 is 0 Å². The third kappa shape index (κ3) is 4.20. The number of nitrogens with zero attached hydrogens (tertiary/aromatic N) is 2. The number of hydrogen-bond acceptors (Lipinski definition) is 2. The van der Waals surface area contributed by atoms with Gasteiger partial charge in [-0.3, -0.25) is 9.89 Å². The lowest BCUT2D eigenvalue weighted by Gasteiger charge is -2.38. The lowest BCUT2D eigenvalue weighted by Crippen LogP contribution is -2.43. The average molecular weight is 399 g/mol. The zero-order valence-corrected chi connectivity index (χ0v) is 18.7. The Hall–Kier alpha value is -2.45. The molecule has 1 atom stereocenters. The standard InChI is InChI=1S/C28H34N2/c1-5-22-10-7-8-13-26(22)21(4)29-28-16-17-30(19-20(28)3)25-15-14-24-12-9-11-23(6-2)27(24)18-25/h5,7-13,25H,1,6,14-19H2,2-4H3. The van der Waals surface area contributed by atoms with E-state index in [4.69, 9.17) is 4.99 Å². The zero-order chi connectivity index (χ0) is 21.1. The molecule has 2 aromatic carbocycles. The van der Waals surface area contributed by atoms with Gasteiger partial charge in [0.05, 0.1) is 0 Å². The lowest BCUT2D eigenvalue weighted by molar-refractivity contribution is 0.187. The fourth-order valence-electron chi connectivity index (χ4n) is 5.15. The maximum absolute atomic E-state index is 5.06. The van der Waals surface area contributed by atoms with Crippen LogP contribution in [0, 0.1) is 0 Å². The van der Waals surface area contributed by atoms with Crippen molar-refractivity contribution < 1.29 is 0 Å². The van der Waals surface area contributed by atoms with Gasteiger partial charge in [-0.15, -0.1) is 0 Å². The van der Waals surface area contributed by atoms with E-state index in [0.29, 0.717) is 6.04 Å². The van der Waals surface area contributed by atoms with Gasteiger partial charge in [0.15, 0.2) is 0 Å². The van der Waals surface area contributed by atoms with E-state index in [1.54, 1.807) is 16.7 Å². The van der Waals surface area contributed by atoms with Gasteiger partial charge < -0.3 is 0 Å². The number of hydrogen-bond donors (Lipinski definition) is 0. The van der Waals surface area contributed by atoms with Crippen molar-refractivity contribution in [3.8, 4) is 0 Å². The van der Waals surface area contributed by atoms with Crippen LogP contribution in [-0.4, -0.2) is 29.7 Å². The van der Waals surface area contributed by atoms with E-state index in [-0.39, 0.29) is 0 Å². The van der Waals surface area contributed by atoms with Crippen molar-refractivity contribution >= 4 is 11.8 Å². The fraction of sp³-hybridized carbons (Fsp3) is 0.393. The van der Waals surface area contributed by atoms with E-state index in [1.807, 2.05) is 6.08 Å².